The van der Waals surface area contributed by atoms with Gasteiger partial charge in [0.25, 0.3) is 0 Å². The molecule has 1 aliphatic carbocycles. The molecule has 0 bridgehead atoms. The van der Waals surface area contributed by atoms with Crippen molar-refractivity contribution in [1.29, 1.82) is 0 Å². The summed E-state index contributed by atoms with van der Waals surface area (Å²) >= 11 is 1.37. The van der Waals surface area contributed by atoms with E-state index in [-0.39, 0.29) is 6.03 Å². The first-order chi connectivity index (χ1) is 8.68. The normalized spacial score (nSPS) is 18.9. The van der Waals surface area contributed by atoms with Gasteiger partial charge in [-0.05, 0) is 12.8 Å². The number of aromatic nitrogens is 1. The number of carbonyl (C=O) groups is 1. The smallest absolute Gasteiger partial charge is 0.321 e. The first-order valence-electron chi connectivity index (χ1n) is 6.35. The predicted molar refractivity (Wildman–Crippen MR) is 71.8 cm³/mol. The molecule has 1 aromatic rings. The zero-order chi connectivity index (χ0) is 12.8. The number of urea groups is 1. The molecule has 1 aliphatic rings. The second-order valence-corrected chi connectivity index (χ2v) is 5.68. The monoisotopic (exact) mass is 269 g/mol. The van der Waals surface area contributed by atoms with Crippen LogP contribution in [0.4, 0.5) is 9.93 Å². The first kappa shape index (κ1) is 13.3. The summed E-state index contributed by atoms with van der Waals surface area (Å²) in [5.74, 6) is 0. The van der Waals surface area contributed by atoms with E-state index in [9.17, 15) is 9.90 Å². The lowest BCUT2D eigenvalue weighted by molar-refractivity contribution is 0.0281. The molecule has 1 aromatic heterocycles. The van der Waals surface area contributed by atoms with Gasteiger partial charge >= 0.3 is 6.03 Å². The van der Waals surface area contributed by atoms with Gasteiger partial charge in [-0.15, -0.1) is 11.3 Å². The van der Waals surface area contributed by atoms with Crippen molar-refractivity contribution in [3.8, 4) is 0 Å². The van der Waals surface area contributed by atoms with Crippen LogP contribution >= 0.6 is 11.3 Å². The van der Waals surface area contributed by atoms with E-state index in [1.807, 2.05) is 0 Å². The molecule has 0 saturated heterocycles. The van der Waals surface area contributed by atoms with Crippen molar-refractivity contribution >= 4 is 22.5 Å². The predicted octanol–water partition coefficient (Wildman–Crippen LogP) is 2.35. The fourth-order valence-corrected chi connectivity index (χ4v) is 2.76. The highest BCUT2D eigenvalue weighted by Gasteiger charge is 2.28. The molecule has 0 atom stereocenters. The molecule has 0 unspecified atom stereocenters. The standard InChI is InChI=1S/C12H19N3O2S/c16-10(15-11-13-7-8-18-11)14-9-12(17)5-3-1-2-4-6-12/h7-8,17H,1-6,9H2,(H2,13,14,15,16). The summed E-state index contributed by atoms with van der Waals surface area (Å²) in [6, 6.07) is -0.303. The van der Waals surface area contributed by atoms with E-state index in [0.29, 0.717) is 11.7 Å². The summed E-state index contributed by atoms with van der Waals surface area (Å²) in [7, 11) is 0. The van der Waals surface area contributed by atoms with E-state index in [0.717, 1.165) is 25.7 Å². The number of nitrogens with one attached hydrogen (secondary N) is 2. The summed E-state index contributed by atoms with van der Waals surface area (Å²) in [6.45, 7) is 0.310. The second kappa shape index (κ2) is 6.15. The van der Waals surface area contributed by atoms with Gasteiger partial charge in [-0.2, -0.15) is 0 Å². The van der Waals surface area contributed by atoms with Gasteiger partial charge in [0.2, 0.25) is 0 Å². The van der Waals surface area contributed by atoms with Crippen LogP contribution in [-0.4, -0.2) is 28.3 Å². The molecule has 0 spiro atoms. The van der Waals surface area contributed by atoms with E-state index in [2.05, 4.69) is 15.6 Å². The third kappa shape index (κ3) is 3.96. The maximum Gasteiger partial charge on any atom is 0.321 e. The van der Waals surface area contributed by atoms with Crippen LogP contribution in [0.15, 0.2) is 11.6 Å². The number of anilines is 1. The van der Waals surface area contributed by atoms with Crippen LogP contribution in [0.1, 0.15) is 38.5 Å². The Morgan fingerprint density at radius 3 is 2.72 bits per heavy atom. The lowest BCUT2D eigenvalue weighted by atomic mass is 9.95. The van der Waals surface area contributed by atoms with Crippen molar-refractivity contribution < 1.29 is 9.90 Å². The fraction of sp³-hybridized carbons (Fsp3) is 0.667. The Bertz CT molecular complexity index is 373. The topological polar surface area (TPSA) is 74.2 Å². The highest BCUT2D eigenvalue weighted by atomic mass is 32.1. The molecular formula is C12H19N3O2S. The van der Waals surface area contributed by atoms with Crippen LogP contribution in [0.5, 0.6) is 0 Å². The second-order valence-electron chi connectivity index (χ2n) is 4.78. The van der Waals surface area contributed by atoms with Crippen molar-refractivity contribution in [3.63, 3.8) is 0 Å². The van der Waals surface area contributed by atoms with E-state index in [4.69, 9.17) is 0 Å². The van der Waals surface area contributed by atoms with Crippen LogP contribution in [0, 0.1) is 0 Å². The van der Waals surface area contributed by atoms with Gasteiger partial charge in [-0.3, -0.25) is 5.32 Å². The number of nitrogens with zero attached hydrogens (tertiary/aromatic N) is 1. The number of aliphatic hydroxyl groups is 1. The zero-order valence-electron chi connectivity index (χ0n) is 10.3. The number of hydrogen-bond acceptors (Lipinski definition) is 4. The van der Waals surface area contributed by atoms with Gasteiger partial charge in [0.1, 0.15) is 0 Å². The Balaban J connectivity index is 1.77. The summed E-state index contributed by atoms with van der Waals surface area (Å²) in [5, 5.41) is 18.1. The molecule has 1 saturated carbocycles. The van der Waals surface area contributed by atoms with Crippen LogP contribution in [0.25, 0.3) is 0 Å². The van der Waals surface area contributed by atoms with Crippen LogP contribution in [0.2, 0.25) is 0 Å². The maximum absolute atomic E-state index is 11.6. The van der Waals surface area contributed by atoms with Crippen molar-refractivity contribution in [3.05, 3.63) is 11.6 Å². The Kier molecular flexibility index (Phi) is 4.54. The lowest BCUT2D eigenvalue weighted by Gasteiger charge is -2.26. The molecule has 1 fully saturated rings. The van der Waals surface area contributed by atoms with Gasteiger partial charge in [-0.25, -0.2) is 9.78 Å². The number of amides is 2. The van der Waals surface area contributed by atoms with Gasteiger partial charge in [-0.1, -0.05) is 25.7 Å². The number of carbonyl (C=O) groups excluding carboxylic acids is 1. The number of rotatable bonds is 3. The molecule has 100 valence electrons. The summed E-state index contributed by atoms with van der Waals surface area (Å²) < 4.78 is 0. The van der Waals surface area contributed by atoms with Gasteiger partial charge in [0, 0.05) is 18.1 Å². The number of thiazole rings is 1. The van der Waals surface area contributed by atoms with Gasteiger partial charge < -0.3 is 10.4 Å². The van der Waals surface area contributed by atoms with Crippen molar-refractivity contribution in [2.24, 2.45) is 0 Å². The summed E-state index contributed by atoms with van der Waals surface area (Å²) in [6.07, 6.45) is 7.59. The Hall–Kier alpha value is -1.14. The lowest BCUT2D eigenvalue weighted by Crippen LogP contribution is -2.44. The third-order valence-corrected chi connectivity index (χ3v) is 3.95. The first-order valence-corrected chi connectivity index (χ1v) is 7.23. The fourth-order valence-electron chi connectivity index (χ4n) is 2.23. The molecule has 2 rings (SSSR count). The molecule has 3 N–H and O–H groups in total. The van der Waals surface area contributed by atoms with Crippen molar-refractivity contribution in [2.45, 2.75) is 44.1 Å². The Morgan fingerprint density at radius 2 is 2.11 bits per heavy atom. The largest absolute Gasteiger partial charge is 0.388 e. The molecule has 0 aromatic carbocycles. The minimum Gasteiger partial charge on any atom is -0.388 e. The van der Waals surface area contributed by atoms with E-state index < -0.39 is 5.60 Å². The highest BCUT2D eigenvalue weighted by molar-refractivity contribution is 7.13. The molecule has 5 nitrogen and oxygen atoms in total. The average Bonchev–Trinajstić information content (AvgIpc) is 2.75. The maximum atomic E-state index is 11.6. The molecule has 1 heterocycles. The van der Waals surface area contributed by atoms with Crippen molar-refractivity contribution in [2.75, 3.05) is 11.9 Å². The molecule has 2 amide bonds. The highest BCUT2D eigenvalue weighted by Crippen LogP contribution is 2.26. The SMILES string of the molecule is O=C(NCC1(O)CCCCCC1)Nc1nccs1. The Morgan fingerprint density at radius 1 is 1.39 bits per heavy atom. The summed E-state index contributed by atoms with van der Waals surface area (Å²) in [4.78, 5) is 15.6. The van der Waals surface area contributed by atoms with Crippen LogP contribution < -0.4 is 10.6 Å². The van der Waals surface area contributed by atoms with E-state index in [1.165, 1.54) is 24.2 Å². The van der Waals surface area contributed by atoms with Gasteiger partial charge in [0.15, 0.2) is 5.13 Å². The quantitative estimate of drug-likeness (QED) is 0.737. The Labute approximate surface area is 111 Å². The van der Waals surface area contributed by atoms with Crippen molar-refractivity contribution in [1.82, 2.24) is 10.3 Å². The zero-order valence-corrected chi connectivity index (χ0v) is 11.1. The number of hydrogen-bond donors (Lipinski definition) is 3. The molecular weight excluding hydrogens is 250 g/mol. The van der Waals surface area contributed by atoms with E-state index in [1.54, 1.807) is 11.6 Å². The van der Waals surface area contributed by atoms with Crippen LogP contribution in [-0.2, 0) is 0 Å². The molecule has 6 heteroatoms. The molecule has 0 aliphatic heterocycles. The molecule has 18 heavy (non-hydrogen) atoms. The minimum atomic E-state index is -0.739. The minimum absolute atomic E-state index is 0.303. The van der Waals surface area contributed by atoms with Crippen LogP contribution in [0.3, 0.4) is 0 Å². The van der Waals surface area contributed by atoms with Gasteiger partial charge in [0.05, 0.1) is 5.60 Å². The third-order valence-electron chi connectivity index (χ3n) is 3.27. The summed E-state index contributed by atoms with van der Waals surface area (Å²) in [5.41, 5.74) is -0.739. The average molecular weight is 269 g/mol. The van der Waals surface area contributed by atoms with E-state index >= 15 is 0 Å². The molecule has 0 radical (unpaired) electrons.